The summed E-state index contributed by atoms with van der Waals surface area (Å²) in [6, 6.07) is 11.7. The number of methoxy groups -OCH3 is 1. The summed E-state index contributed by atoms with van der Waals surface area (Å²) in [5.41, 5.74) is 1.71. The van der Waals surface area contributed by atoms with Gasteiger partial charge in [-0.3, -0.25) is 14.7 Å². The van der Waals surface area contributed by atoms with Gasteiger partial charge < -0.3 is 20.1 Å². The predicted octanol–water partition coefficient (Wildman–Crippen LogP) is 2.22. The Balaban J connectivity index is 1.49. The normalized spacial score (nSPS) is 19.8. The van der Waals surface area contributed by atoms with Crippen molar-refractivity contribution in [2.75, 3.05) is 37.0 Å². The second-order valence-corrected chi connectivity index (χ2v) is 8.12. The van der Waals surface area contributed by atoms with Crippen LogP contribution in [-0.4, -0.2) is 60.4 Å². The second-order valence-electron chi connectivity index (χ2n) is 8.12. The van der Waals surface area contributed by atoms with Crippen LogP contribution in [0.2, 0.25) is 0 Å². The Kier molecular flexibility index (Phi) is 5.43. The van der Waals surface area contributed by atoms with E-state index in [9.17, 15) is 14.3 Å². The number of aliphatic hydroxyl groups excluding tert-OH is 1. The molecule has 2 aliphatic heterocycles. The zero-order chi connectivity index (χ0) is 23.1. The third kappa shape index (κ3) is 3.59. The number of β-amino-alcohol motifs (C(OH)–C–C–N with tert-alkyl or cyclic N) is 1. The molecule has 0 bridgehead atoms. The molecule has 170 valence electrons. The smallest absolute Gasteiger partial charge is 0.260 e. The van der Waals surface area contributed by atoms with E-state index in [2.05, 4.69) is 10.3 Å². The lowest BCUT2D eigenvalue weighted by Crippen LogP contribution is -2.36. The van der Waals surface area contributed by atoms with Crippen LogP contribution in [0.25, 0.3) is 11.3 Å². The first-order chi connectivity index (χ1) is 16.0. The van der Waals surface area contributed by atoms with Crippen molar-refractivity contribution < 1.29 is 19.0 Å². The topological polar surface area (TPSA) is 90.8 Å². The van der Waals surface area contributed by atoms with Gasteiger partial charge in [0.05, 0.1) is 37.1 Å². The van der Waals surface area contributed by atoms with Crippen molar-refractivity contribution in [1.82, 2.24) is 15.3 Å². The van der Waals surface area contributed by atoms with Gasteiger partial charge in [0.2, 0.25) is 0 Å². The molecule has 2 aromatic heterocycles. The van der Waals surface area contributed by atoms with Crippen LogP contribution in [0, 0.1) is 5.82 Å². The van der Waals surface area contributed by atoms with Crippen molar-refractivity contribution in [1.29, 1.82) is 0 Å². The Morgan fingerprint density at radius 2 is 1.94 bits per heavy atom. The molecule has 5 rings (SSSR count). The number of fused-ring (bicyclic) bond motifs is 1. The van der Waals surface area contributed by atoms with Crippen molar-refractivity contribution in [2.45, 2.75) is 18.7 Å². The molecule has 1 saturated heterocycles. The molecule has 33 heavy (non-hydrogen) atoms. The largest absolute Gasteiger partial charge is 0.496 e. The minimum Gasteiger partial charge on any atom is -0.496 e. The van der Waals surface area contributed by atoms with Crippen LogP contribution < -0.4 is 19.9 Å². The lowest BCUT2D eigenvalue weighted by atomic mass is 10.0. The fourth-order valence-corrected chi connectivity index (χ4v) is 4.53. The number of likely N-dealkylation sites (N-methyl/N-ethyl adjacent to an activating group) is 1. The van der Waals surface area contributed by atoms with Crippen molar-refractivity contribution >= 4 is 17.5 Å². The predicted molar refractivity (Wildman–Crippen MR) is 122 cm³/mol. The number of hydrogen-bond donors (Lipinski definition) is 2. The SMILES string of the molecule is CNC1CN(c2cccc(N3Cc4c(ccnc4-c4c(F)cccc4OC)C3=O)n2)CC1O. The molecule has 0 radical (unpaired) electrons. The first-order valence-corrected chi connectivity index (χ1v) is 10.7. The third-order valence-electron chi connectivity index (χ3n) is 6.26. The van der Waals surface area contributed by atoms with Gasteiger partial charge in [0.1, 0.15) is 23.2 Å². The van der Waals surface area contributed by atoms with Crippen molar-refractivity contribution in [3.8, 4) is 17.0 Å². The summed E-state index contributed by atoms with van der Waals surface area (Å²) in [7, 11) is 3.29. The van der Waals surface area contributed by atoms with Crippen LogP contribution in [0.1, 0.15) is 15.9 Å². The molecule has 4 heterocycles. The Hall–Kier alpha value is -3.56. The zero-order valence-electron chi connectivity index (χ0n) is 18.3. The summed E-state index contributed by atoms with van der Waals surface area (Å²) in [6.07, 6.45) is 1.01. The summed E-state index contributed by atoms with van der Waals surface area (Å²) >= 11 is 0. The number of nitrogens with one attached hydrogen (secondary N) is 1. The van der Waals surface area contributed by atoms with E-state index in [1.54, 1.807) is 29.2 Å². The molecule has 0 spiro atoms. The Morgan fingerprint density at radius 3 is 2.70 bits per heavy atom. The van der Waals surface area contributed by atoms with Crippen LogP contribution in [0.4, 0.5) is 16.0 Å². The molecule has 2 N–H and O–H groups in total. The average molecular weight is 449 g/mol. The van der Waals surface area contributed by atoms with Crippen molar-refractivity contribution in [3.63, 3.8) is 0 Å². The van der Waals surface area contributed by atoms with Gasteiger partial charge in [-0.1, -0.05) is 12.1 Å². The van der Waals surface area contributed by atoms with E-state index in [1.165, 1.54) is 19.4 Å². The molecular weight excluding hydrogens is 425 g/mol. The molecule has 0 saturated carbocycles. The van der Waals surface area contributed by atoms with Gasteiger partial charge in [-0.25, -0.2) is 9.37 Å². The highest BCUT2D eigenvalue weighted by Gasteiger charge is 2.35. The number of halogens is 1. The lowest BCUT2D eigenvalue weighted by Gasteiger charge is -2.20. The van der Waals surface area contributed by atoms with Gasteiger partial charge in [0.15, 0.2) is 0 Å². The first-order valence-electron chi connectivity index (χ1n) is 10.7. The molecule has 1 fully saturated rings. The molecular formula is C24H24FN5O3. The van der Waals surface area contributed by atoms with Gasteiger partial charge in [-0.15, -0.1) is 0 Å². The van der Waals surface area contributed by atoms with Crippen LogP contribution in [0.15, 0.2) is 48.7 Å². The summed E-state index contributed by atoms with van der Waals surface area (Å²) in [4.78, 5) is 25.9. The highest BCUT2D eigenvalue weighted by molar-refractivity contribution is 6.10. The van der Waals surface area contributed by atoms with Crippen LogP contribution in [0.5, 0.6) is 5.75 Å². The zero-order valence-corrected chi connectivity index (χ0v) is 18.3. The molecule has 0 aliphatic carbocycles. The number of pyridine rings is 2. The maximum absolute atomic E-state index is 14.8. The second kappa shape index (κ2) is 8.42. The number of nitrogens with zero attached hydrogens (tertiary/aromatic N) is 4. The minimum absolute atomic E-state index is 0.0440. The van der Waals surface area contributed by atoms with Crippen LogP contribution in [0.3, 0.4) is 0 Å². The molecule has 9 heteroatoms. The number of carbonyl (C=O) groups excluding carboxylic acids is 1. The average Bonchev–Trinajstić information content (AvgIpc) is 3.38. The number of rotatable bonds is 5. The van der Waals surface area contributed by atoms with Gasteiger partial charge >= 0.3 is 0 Å². The van der Waals surface area contributed by atoms with Gasteiger partial charge in [-0.2, -0.15) is 0 Å². The molecule has 2 aliphatic rings. The highest BCUT2D eigenvalue weighted by atomic mass is 19.1. The molecule has 1 amide bonds. The van der Waals surface area contributed by atoms with E-state index in [0.717, 1.165) is 0 Å². The number of ether oxygens (including phenoxy) is 1. The quantitative estimate of drug-likeness (QED) is 0.617. The van der Waals surface area contributed by atoms with Gasteiger partial charge in [0, 0.05) is 30.4 Å². The van der Waals surface area contributed by atoms with E-state index in [4.69, 9.17) is 9.72 Å². The summed E-state index contributed by atoms with van der Waals surface area (Å²) < 4.78 is 20.1. The van der Waals surface area contributed by atoms with E-state index >= 15 is 0 Å². The highest BCUT2D eigenvalue weighted by Crippen LogP contribution is 2.38. The van der Waals surface area contributed by atoms with E-state index in [1.807, 2.05) is 24.1 Å². The van der Waals surface area contributed by atoms with Crippen molar-refractivity contribution in [3.05, 3.63) is 65.6 Å². The maximum Gasteiger partial charge on any atom is 0.260 e. The molecule has 3 aromatic rings. The number of aromatic nitrogens is 2. The van der Waals surface area contributed by atoms with E-state index in [0.29, 0.717) is 47.3 Å². The van der Waals surface area contributed by atoms with Gasteiger partial charge in [0.25, 0.3) is 5.91 Å². The fraction of sp³-hybridized carbons (Fsp3) is 0.292. The number of aliphatic hydroxyl groups is 1. The van der Waals surface area contributed by atoms with Gasteiger partial charge in [-0.05, 0) is 37.4 Å². The Bertz CT molecular complexity index is 1220. The summed E-state index contributed by atoms with van der Waals surface area (Å²) in [6.45, 7) is 1.29. The van der Waals surface area contributed by atoms with E-state index in [-0.39, 0.29) is 24.1 Å². The minimum atomic E-state index is -0.498. The number of amides is 1. The van der Waals surface area contributed by atoms with Crippen LogP contribution >= 0.6 is 0 Å². The standard InChI is InChI=1S/C24H24FN5O3/c1-26-17-12-29(13-18(17)31)20-7-4-8-21(28-20)30-11-15-14(24(30)32)9-10-27-23(15)22-16(25)5-3-6-19(22)33-2/h3-10,17-18,26,31H,11-13H2,1-2H3. The molecule has 1 aromatic carbocycles. The first kappa shape index (κ1) is 21.3. The maximum atomic E-state index is 14.8. The van der Waals surface area contributed by atoms with E-state index < -0.39 is 11.9 Å². The Morgan fingerprint density at radius 1 is 1.15 bits per heavy atom. The molecule has 2 unspecified atom stereocenters. The molecule has 2 atom stereocenters. The van der Waals surface area contributed by atoms with Crippen LogP contribution in [-0.2, 0) is 6.54 Å². The number of hydrogen-bond acceptors (Lipinski definition) is 7. The Labute approximate surface area is 190 Å². The number of carbonyl (C=O) groups is 1. The number of benzene rings is 1. The molecule has 8 nitrogen and oxygen atoms in total. The fourth-order valence-electron chi connectivity index (χ4n) is 4.53. The summed E-state index contributed by atoms with van der Waals surface area (Å²) in [5, 5.41) is 13.3. The van der Waals surface area contributed by atoms with Crippen molar-refractivity contribution in [2.24, 2.45) is 0 Å². The lowest BCUT2D eigenvalue weighted by molar-refractivity contribution is 0.0996. The third-order valence-corrected chi connectivity index (χ3v) is 6.26. The number of anilines is 2. The summed E-state index contributed by atoms with van der Waals surface area (Å²) in [5.74, 6) is 0.842. The monoisotopic (exact) mass is 449 g/mol.